The van der Waals surface area contributed by atoms with Crippen molar-refractivity contribution in [1.82, 2.24) is 0 Å². The van der Waals surface area contributed by atoms with E-state index in [1.165, 1.54) is 12.8 Å². The van der Waals surface area contributed by atoms with Crippen LogP contribution in [0.1, 0.15) is 32.1 Å². The monoisotopic (exact) mass is 198 g/mol. The largest absolute Gasteiger partial charge is 0.297 e. The van der Waals surface area contributed by atoms with Crippen molar-refractivity contribution < 1.29 is 4.79 Å². The van der Waals surface area contributed by atoms with Gasteiger partial charge in [0.15, 0.2) is 5.78 Å². The Balaban J connectivity index is 2.06. The summed E-state index contributed by atoms with van der Waals surface area (Å²) in [6.07, 6.45) is 6.90. The van der Waals surface area contributed by atoms with Crippen LogP contribution in [0.25, 0.3) is 0 Å². The van der Waals surface area contributed by atoms with E-state index in [1.807, 2.05) is 0 Å². The molecule has 0 aromatic carbocycles. The highest BCUT2D eigenvalue weighted by molar-refractivity contribution is 6.38. The van der Waals surface area contributed by atoms with Gasteiger partial charge in [0, 0.05) is 6.42 Å². The molecule has 0 aromatic heterocycles. The molecule has 0 radical (unpaired) electrons. The van der Waals surface area contributed by atoms with Gasteiger partial charge in [0.05, 0.1) is 0 Å². The molecule has 0 bridgehead atoms. The molecule has 0 heterocycles. The van der Waals surface area contributed by atoms with Gasteiger partial charge >= 0.3 is 0 Å². The molecule has 0 saturated heterocycles. The van der Waals surface area contributed by atoms with Crippen LogP contribution < -0.4 is 0 Å². The Morgan fingerprint density at radius 3 is 2.46 bits per heavy atom. The van der Waals surface area contributed by atoms with E-state index in [-0.39, 0.29) is 5.78 Å². The quantitative estimate of drug-likeness (QED) is 0.504. The second-order valence-corrected chi connectivity index (χ2v) is 4.81. The number of carbonyl (C=O) groups is 1. The van der Waals surface area contributed by atoms with Crippen molar-refractivity contribution in [3.05, 3.63) is 12.7 Å². The lowest BCUT2D eigenvalue weighted by Gasteiger charge is -2.04. The zero-order valence-corrected chi connectivity index (χ0v) is 8.52. The lowest BCUT2D eigenvalue weighted by atomic mass is 10.0. The van der Waals surface area contributed by atoms with Gasteiger partial charge in [-0.15, -0.1) is 18.2 Å². The zero-order chi connectivity index (χ0) is 9.47. The lowest BCUT2D eigenvalue weighted by molar-refractivity contribution is -0.119. The van der Waals surface area contributed by atoms with E-state index in [0.29, 0.717) is 18.3 Å². The number of carbonyl (C=O) groups excluding carboxylic acids is 1. The summed E-state index contributed by atoms with van der Waals surface area (Å²) in [5.74, 6) is 1.16. The number of allylic oxidation sites excluding steroid dienone is 1. The maximum atomic E-state index is 11.7. The Morgan fingerprint density at radius 2 is 2.00 bits per heavy atom. The third-order valence-electron chi connectivity index (χ3n) is 3.49. The Bertz CT molecular complexity index is 234. The van der Waals surface area contributed by atoms with Gasteiger partial charge in [0.1, 0.15) is 4.87 Å². The molecular weight excluding hydrogens is 184 g/mol. The molecule has 0 aromatic rings. The Labute approximate surface area is 84.2 Å². The van der Waals surface area contributed by atoms with Gasteiger partial charge in [-0.25, -0.2) is 0 Å². The standard InChI is InChI=1S/C11H15ClO/c1-2-5-10(13)11(12)8-6-3-4-7-9(8)11/h2,8-9H,1,3-7H2/t8-,9+,11?. The molecule has 13 heavy (non-hydrogen) atoms. The number of hydrogen-bond acceptors (Lipinski definition) is 1. The third-order valence-corrected chi connectivity index (χ3v) is 4.26. The second-order valence-electron chi connectivity index (χ2n) is 4.18. The van der Waals surface area contributed by atoms with Crippen LogP contribution in [0, 0.1) is 11.8 Å². The van der Waals surface area contributed by atoms with Gasteiger partial charge in [-0.05, 0) is 24.7 Å². The molecule has 1 nitrogen and oxygen atoms in total. The second kappa shape index (κ2) is 3.13. The molecule has 2 rings (SSSR count). The van der Waals surface area contributed by atoms with E-state index in [9.17, 15) is 4.79 Å². The molecule has 2 aliphatic carbocycles. The summed E-state index contributed by atoms with van der Waals surface area (Å²) in [6.45, 7) is 3.58. The molecule has 72 valence electrons. The first kappa shape index (κ1) is 9.26. The minimum Gasteiger partial charge on any atom is -0.297 e. The van der Waals surface area contributed by atoms with E-state index in [1.54, 1.807) is 6.08 Å². The van der Waals surface area contributed by atoms with Gasteiger partial charge < -0.3 is 0 Å². The molecule has 2 saturated carbocycles. The van der Waals surface area contributed by atoms with Crippen LogP contribution in [0.5, 0.6) is 0 Å². The van der Waals surface area contributed by atoms with Crippen LogP contribution in [0.4, 0.5) is 0 Å². The highest BCUT2D eigenvalue weighted by atomic mass is 35.5. The number of halogens is 1. The van der Waals surface area contributed by atoms with Gasteiger partial charge in [0.25, 0.3) is 0 Å². The zero-order valence-electron chi connectivity index (χ0n) is 7.76. The molecule has 0 spiro atoms. The summed E-state index contributed by atoms with van der Waals surface area (Å²) in [5, 5.41) is 0. The molecule has 2 fully saturated rings. The molecule has 2 aliphatic rings. The predicted molar refractivity (Wildman–Crippen MR) is 53.9 cm³/mol. The van der Waals surface area contributed by atoms with Crippen molar-refractivity contribution in [2.24, 2.45) is 11.8 Å². The van der Waals surface area contributed by atoms with Crippen LogP contribution in [-0.2, 0) is 4.79 Å². The fourth-order valence-electron chi connectivity index (χ4n) is 2.75. The van der Waals surface area contributed by atoms with Gasteiger partial charge in [0.2, 0.25) is 0 Å². The maximum absolute atomic E-state index is 11.7. The molecule has 1 unspecified atom stereocenters. The fourth-order valence-corrected chi connectivity index (χ4v) is 3.29. The first-order chi connectivity index (χ1) is 6.21. The van der Waals surface area contributed by atoms with E-state index in [0.717, 1.165) is 12.8 Å². The van der Waals surface area contributed by atoms with Crippen LogP contribution >= 0.6 is 11.6 Å². The van der Waals surface area contributed by atoms with Crippen LogP contribution in [0.15, 0.2) is 12.7 Å². The molecule has 3 atom stereocenters. The Morgan fingerprint density at radius 1 is 1.46 bits per heavy atom. The van der Waals surface area contributed by atoms with E-state index >= 15 is 0 Å². The van der Waals surface area contributed by atoms with Crippen LogP contribution in [0.2, 0.25) is 0 Å². The summed E-state index contributed by atoms with van der Waals surface area (Å²) < 4.78 is 0. The molecule has 0 N–H and O–H groups in total. The minimum atomic E-state index is -0.481. The van der Waals surface area contributed by atoms with E-state index in [4.69, 9.17) is 11.6 Å². The summed E-state index contributed by atoms with van der Waals surface area (Å²) in [5.41, 5.74) is 0. The molecular formula is C11H15ClO. The van der Waals surface area contributed by atoms with Crippen molar-refractivity contribution in [2.75, 3.05) is 0 Å². The number of fused-ring (bicyclic) bond motifs is 1. The summed E-state index contributed by atoms with van der Waals surface area (Å²) in [4.78, 5) is 11.2. The van der Waals surface area contributed by atoms with Crippen LogP contribution in [-0.4, -0.2) is 10.7 Å². The van der Waals surface area contributed by atoms with Crippen molar-refractivity contribution in [2.45, 2.75) is 37.0 Å². The molecule has 0 amide bonds. The summed E-state index contributed by atoms with van der Waals surface area (Å²) in [6, 6.07) is 0. The SMILES string of the molecule is C=CCC(=O)C1(Cl)[C@@H]2CCCC[C@@H]21. The number of Topliss-reactive ketones (excluding diaryl/α,β-unsaturated/α-hetero) is 1. The van der Waals surface area contributed by atoms with Crippen molar-refractivity contribution >= 4 is 17.4 Å². The highest BCUT2D eigenvalue weighted by Crippen LogP contribution is 2.63. The topological polar surface area (TPSA) is 17.1 Å². The fraction of sp³-hybridized carbons (Fsp3) is 0.727. The Kier molecular flexibility index (Phi) is 2.23. The molecule has 2 heteroatoms. The highest BCUT2D eigenvalue weighted by Gasteiger charge is 2.67. The average molecular weight is 199 g/mol. The minimum absolute atomic E-state index is 0.195. The summed E-state index contributed by atoms with van der Waals surface area (Å²) in [7, 11) is 0. The van der Waals surface area contributed by atoms with Crippen LogP contribution in [0.3, 0.4) is 0 Å². The number of ketones is 1. The third kappa shape index (κ3) is 1.25. The van der Waals surface area contributed by atoms with Gasteiger partial charge in [-0.2, -0.15) is 0 Å². The normalized spacial score (nSPS) is 42.2. The average Bonchev–Trinajstić information content (AvgIpc) is 2.76. The van der Waals surface area contributed by atoms with Crippen molar-refractivity contribution in [3.8, 4) is 0 Å². The van der Waals surface area contributed by atoms with Crippen molar-refractivity contribution in [3.63, 3.8) is 0 Å². The van der Waals surface area contributed by atoms with Gasteiger partial charge in [-0.3, -0.25) is 4.79 Å². The Hall–Kier alpha value is -0.300. The smallest absolute Gasteiger partial charge is 0.158 e. The maximum Gasteiger partial charge on any atom is 0.158 e. The molecule has 0 aliphatic heterocycles. The first-order valence-corrected chi connectivity index (χ1v) is 5.42. The predicted octanol–water partition coefficient (Wildman–Crippen LogP) is 2.93. The number of alkyl halides is 1. The van der Waals surface area contributed by atoms with Crippen molar-refractivity contribution in [1.29, 1.82) is 0 Å². The van der Waals surface area contributed by atoms with Gasteiger partial charge in [-0.1, -0.05) is 18.9 Å². The number of hydrogen-bond donors (Lipinski definition) is 0. The van der Waals surface area contributed by atoms with E-state index < -0.39 is 4.87 Å². The summed E-state index contributed by atoms with van der Waals surface area (Å²) >= 11 is 6.35. The van der Waals surface area contributed by atoms with E-state index in [2.05, 4.69) is 6.58 Å². The first-order valence-electron chi connectivity index (χ1n) is 5.04. The lowest BCUT2D eigenvalue weighted by Crippen LogP contribution is -2.18. The number of rotatable bonds is 3.